The molecule has 1 heterocycles. The molecule has 1 aliphatic heterocycles. The Hall–Kier alpha value is -2.69. The quantitative estimate of drug-likeness (QED) is 0.520. The second-order valence-corrected chi connectivity index (χ2v) is 6.95. The van der Waals surface area contributed by atoms with Crippen LogP contribution in [0.5, 0.6) is 11.5 Å². The topological polar surface area (TPSA) is 124 Å². The smallest absolute Gasteiger partial charge is 0.338 e. The van der Waals surface area contributed by atoms with Gasteiger partial charge in [-0.05, 0) is 23.8 Å². The van der Waals surface area contributed by atoms with E-state index in [2.05, 4.69) is 0 Å². The highest BCUT2D eigenvalue weighted by Crippen LogP contribution is 2.30. The first-order valence-electron chi connectivity index (χ1n) is 9.69. The number of carbonyl (C=O) groups excluding carboxylic acids is 1. The van der Waals surface area contributed by atoms with Crippen LogP contribution in [-0.2, 0) is 20.8 Å². The molecule has 0 amide bonds. The Morgan fingerprint density at radius 3 is 2.42 bits per heavy atom. The molecule has 0 aromatic heterocycles. The average molecular weight is 434 g/mol. The molecule has 1 saturated heterocycles. The van der Waals surface area contributed by atoms with Crippen LogP contribution >= 0.6 is 0 Å². The van der Waals surface area contributed by atoms with E-state index in [1.807, 2.05) is 30.3 Å². The van der Waals surface area contributed by atoms with Crippen molar-refractivity contribution in [2.24, 2.45) is 0 Å². The molecular formula is C22H26O9. The van der Waals surface area contributed by atoms with E-state index >= 15 is 0 Å². The number of hydrogen-bond acceptors (Lipinski definition) is 9. The molecule has 0 saturated carbocycles. The Labute approximate surface area is 179 Å². The zero-order valence-corrected chi connectivity index (χ0v) is 17.2. The zero-order chi connectivity index (χ0) is 22.4. The first-order valence-corrected chi connectivity index (χ1v) is 9.69. The van der Waals surface area contributed by atoms with Gasteiger partial charge in [0.2, 0.25) is 0 Å². The summed E-state index contributed by atoms with van der Waals surface area (Å²) in [5.74, 6) is -0.00772. The number of esters is 1. The minimum absolute atomic E-state index is 0.143. The summed E-state index contributed by atoms with van der Waals surface area (Å²) in [6.07, 6.45) is -6.46. The lowest BCUT2D eigenvalue weighted by molar-refractivity contribution is -0.293. The lowest BCUT2D eigenvalue weighted by Gasteiger charge is -2.40. The molecule has 0 radical (unpaired) electrons. The van der Waals surface area contributed by atoms with Gasteiger partial charge in [-0.25, -0.2) is 4.79 Å². The van der Waals surface area contributed by atoms with E-state index in [0.717, 1.165) is 5.56 Å². The van der Waals surface area contributed by atoms with Crippen molar-refractivity contribution in [3.63, 3.8) is 0 Å². The molecule has 0 aliphatic carbocycles. The minimum atomic E-state index is -1.50. The van der Waals surface area contributed by atoms with Crippen LogP contribution in [0.3, 0.4) is 0 Å². The number of ether oxygens (including phenoxy) is 5. The molecular weight excluding hydrogens is 408 g/mol. The summed E-state index contributed by atoms with van der Waals surface area (Å²) >= 11 is 0. The summed E-state index contributed by atoms with van der Waals surface area (Å²) in [7, 11) is 2.75. The van der Waals surface area contributed by atoms with Gasteiger partial charge in [0, 0.05) is 7.11 Å². The summed E-state index contributed by atoms with van der Waals surface area (Å²) in [6, 6.07) is 14.1. The predicted molar refractivity (Wildman–Crippen MR) is 108 cm³/mol. The average Bonchev–Trinajstić information content (AvgIpc) is 2.81. The minimum Gasteiger partial charge on any atom is -0.493 e. The van der Waals surface area contributed by atoms with Gasteiger partial charge in [0.1, 0.15) is 24.9 Å². The predicted octanol–water partition coefficient (Wildman–Crippen LogP) is 0.885. The van der Waals surface area contributed by atoms with Crippen LogP contribution < -0.4 is 9.47 Å². The molecule has 1 fully saturated rings. The van der Waals surface area contributed by atoms with Crippen LogP contribution in [0.25, 0.3) is 0 Å². The number of rotatable bonds is 8. The Morgan fingerprint density at radius 1 is 1.03 bits per heavy atom. The van der Waals surface area contributed by atoms with Crippen molar-refractivity contribution in [3.8, 4) is 11.5 Å². The van der Waals surface area contributed by atoms with E-state index in [1.54, 1.807) is 6.07 Å². The largest absolute Gasteiger partial charge is 0.493 e. The Balaban J connectivity index is 1.71. The molecule has 3 N–H and O–H groups in total. The first kappa shape index (κ1) is 23.0. The molecule has 0 bridgehead atoms. The fraction of sp³-hybridized carbons (Fsp3) is 0.409. The Kier molecular flexibility index (Phi) is 7.83. The van der Waals surface area contributed by atoms with Crippen LogP contribution in [0.15, 0.2) is 48.5 Å². The third-order valence-electron chi connectivity index (χ3n) is 4.94. The van der Waals surface area contributed by atoms with Gasteiger partial charge in [0.25, 0.3) is 0 Å². The molecule has 3 rings (SSSR count). The molecule has 1 aliphatic rings. The fourth-order valence-electron chi connectivity index (χ4n) is 3.21. The SMILES string of the molecule is COc1cc(C(=O)O[C@H]2[C@@H](OC)O[C@H](CO)[C@@H](O)[C@@H]2O)ccc1OCc1ccccc1. The highest BCUT2D eigenvalue weighted by atomic mass is 16.7. The number of methoxy groups -OCH3 is 2. The van der Waals surface area contributed by atoms with Crippen molar-refractivity contribution in [2.45, 2.75) is 37.3 Å². The highest BCUT2D eigenvalue weighted by molar-refractivity contribution is 5.90. The zero-order valence-electron chi connectivity index (χ0n) is 17.2. The monoisotopic (exact) mass is 434 g/mol. The molecule has 2 aromatic carbocycles. The van der Waals surface area contributed by atoms with Gasteiger partial charge in [0.05, 0.1) is 19.3 Å². The first-order chi connectivity index (χ1) is 15.0. The standard InChI is InChI=1S/C22H26O9/c1-27-16-10-14(8-9-15(16)29-12-13-6-4-3-5-7-13)21(26)31-20-19(25)18(24)17(11-23)30-22(20)28-2/h3-10,17-20,22-25H,11-12H2,1-2H3/t17-,18-,19+,20-,22+/m1/s1. The maximum atomic E-state index is 12.7. The molecule has 9 nitrogen and oxygen atoms in total. The van der Waals surface area contributed by atoms with Gasteiger partial charge >= 0.3 is 5.97 Å². The molecule has 31 heavy (non-hydrogen) atoms. The molecule has 2 aromatic rings. The molecule has 5 atom stereocenters. The maximum Gasteiger partial charge on any atom is 0.338 e. The van der Waals surface area contributed by atoms with Crippen molar-refractivity contribution >= 4 is 5.97 Å². The summed E-state index contributed by atoms with van der Waals surface area (Å²) in [5.41, 5.74) is 1.12. The van der Waals surface area contributed by atoms with Crippen molar-refractivity contribution in [3.05, 3.63) is 59.7 Å². The highest BCUT2D eigenvalue weighted by Gasteiger charge is 2.46. The Bertz CT molecular complexity index is 855. The van der Waals surface area contributed by atoms with Gasteiger partial charge in [-0.3, -0.25) is 0 Å². The number of benzene rings is 2. The second-order valence-electron chi connectivity index (χ2n) is 6.95. The fourth-order valence-corrected chi connectivity index (χ4v) is 3.21. The van der Waals surface area contributed by atoms with Crippen LogP contribution in [0, 0.1) is 0 Å². The van der Waals surface area contributed by atoms with E-state index in [4.69, 9.17) is 23.7 Å². The van der Waals surface area contributed by atoms with Crippen LogP contribution in [0.1, 0.15) is 15.9 Å². The lowest BCUT2D eigenvalue weighted by Crippen LogP contribution is -2.60. The van der Waals surface area contributed by atoms with Gasteiger partial charge in [-0.2, -0.15) is 0 Å². The normalized spacial score (nSPS) is 25.6. The van der Waals surface area contributed by atoms with E-state index in [-0.39, 0.29) is 5.56 Å². The molecule has 9 heteroatoms. The van der Waals surface area contributed by atoms with E-state index in [0.29, 0.717) is 18.1 Å². The number of aliphatic hydroxyl groups excluding tert-OH is 3. The summed E-state index contributed by atoms with van der Waals surface area (Å²) < 4.78 is 26.9. The van der Waals surface area contributed by atoms with Gasteiger partial charge < -0.3 is 39.0 Å². The van der Waals surface area contributed by atoms with E-state index in [9.17, 15) is 20.1 Å². The van der Waals surface area contributed by atoms with Crippen molar-refractivity contribution in [1.29, 1.82) is 0 Å². The Morgan fingerprint density at radius 2 is 1.77 bits per heavy atom. The molecule has 168 valence electrons. The molecule has 0 spiro atoms. The van der Waals surface area contributed by atoms with Crippen LogP contribution in [0.2, 0.25) is 0 Å². The van der Waals surface area contributed by atoms with E-state index < -0.39 is 43.3 Å². The summed E-state index contributed by atoms with van der Waals surface area (Å²) in [5, 5.41) is 29.6. The summed E-state index contributed by atoms with van der Waals surface area (Å²) in [4.78, 5) is 12.7. The third-order valence-corrected chi connectivity index (χ3v) is 4.94. The maximum absolute atomic E-state index is 12.7. The number of hydrogen-bond donors (Lipinski definition) is 3. The van der Waals surface area contributed by atoms with Crippen molar-refractivity contribution in [2.75, 3.05) is 20.8 Å². The second kappa shape index (κ2) is 10.6. The number of aliphatic hydroxyl groups is 3. The van der Waals surface area contributed by atoms with Crippen molar-refractivity contribution in [1.82, 2.24) is 0 Å². The van der Waals surface area contributed by atoms with Crippen LogP contribution in [0.4, 0.5) is 0 Å². The molecule has 0 unspecified atom stereocenters. The number of carbonyl (C=O) groups is 1. The van der Waals surface area contributed by atoms with Gasteiger partial charge in [-0.15, -0.1) is 0 Å². The van der Waals surface area contributed by atoms with Crippen molar-refractivity contribution < 1.29 is 43.8 Å². The van der Waals surface area contributed by atoms with E-state index in [1.165, 1.54) is 26.4 Å². The lowest BCUT2D eigenvalue weighted by atomic mass is 9.99. The van der Waals surface area contributed by atoms with Gasteiger partial charge in [-0.1, -0.05) is 30.3 Å². The van der Waals surface area contributed by atoms with Gasteiger partial charge in [0.15, 0.2) is 23.9 Å². The summed E-state index contributed by atoms with van der Waals surface area (Å²) in [6.45, 7) is -0.202. The van der Waals surface area contributed by atoms with Crippen LogP contribution in [-0.4, -0.2) is 72.8 Å². The third kappa shape index (κ3) is 5.33.